The lowest BCUT2D eigenvalue weighted by Gasteiger charge is -2.36. The lowest BCUT2D eigenvalue weighted by atomic mass is 9.85. The van der Waals surface area contributed by atoms with Gasteiger partial charge in [-0.3, -0.25) is 23.6 Å². The number of nitrogens with zero attached hydrogens (tertiary/aromatic N) is 6. The number of piperidine rings is 1. The van der Waals surface area contributed by atoms with Gasteiger partial charge in [-0.1, -0.05) is 63.9 Å². The minimum Gasteiger partial charge on any atom is -0.496 e. The topological polar surface area (TPSA) is 173 Å². The maximum atomic E-state index is 14.8. The summed E-state index contributed by atoms with van der Waals surface area (Å²) in [5, 5.41) is 17.2. The number of rotatable bonds is 15. The van der Waals surface area contributed by atoms with Crippen molar-refractivity contribution in [3.63, 3.8) is 0 Å². The standard InChI is InChI=1S/C54H64BrFN8O7S/c1-31-46(72-30-57-31)34-15-13-33(14-16-34)39(58-48(66)43-25-36(65)28-62(43)50(68)47(53(2,3)4)59-51(69)54(56)19-20-54)29-71-24-23-61-21-17-32(18-22-61)37-26-41-42(27-44(37)70-5)64-40-12-8-11-38(55)45(40)49(67)60-52(64)63(41)35-9-6-7-10-35/h8,11-16,26-27,30,32,35-36,39,43,47,65H,6-7,9-10,17-25,28-29H2,1-5H3,(H,58,66)(H,59,69)/t36-,39+,43+,47-/m1/s1. The molecule has 5 heterocycles. The average Bonchev–Trinajstić information content (AvgIpc) is 3.81. The fourth-order valence-corrected chi connectivity index (χ4v) is 12.5. The predicted octanol–water partition coefficient (Wildman–Crippen LogP) is 8.17. The summed E-state index contributed by atoms with van der Waals surface area (Å²) in [5.41, 5.74) is 5.54. The minimum atomic E-state index is -1.98. The van der Waals surface area contributed by atoms with Crippen LogP contribution in [0.3, 0.4) is 0 Å². The number of ether oxygens (including phenoxy) is 2. The number of aromatic nitrogens is 4. The molecule has 2 aliphatic heterocycles. The Morgan fingerprint density at radius 1 is 1.00 bits per heavy atom. The van der Waals surface area contributed by atoms with E-state index in [-0.39, 0.29) is 49.9 Å². The minimum absolute atomic E-state index is 0.0140. The fraction of sp³-hybridized carbons (Fsp3) is 0.519. The number of β-amino-alcohol motifs (C(OH)–C–C–N with tert-alkyl or cyclic N) is 1. The first kappa shape index (κ1) is 50.3. The van der Waals surface area contributed by atoms with Gasteiger partial charge < -0.3 is 39.6 Å². The van der Waals surface area contributed by atoms with E-state index in [0.29, 0.717) is 24.3 Å². The highest BCUT2D eigenvalue weighted by Crippen LogP contribution is 2.43. The van der Waals surface area contributed by atoms with E-state index >= 15 is 0 Å². The van der Waals surface area contributed by atoms with Crippen LogP contribution >= 0.6 is 27.3 Å². The van der Waals surface area contributed by atoms with Crippen LogP contribution in [0.5, 0.6) is 5.75 Å². The number of methoxy groups -OCH3 is 1. The number of carbonyl (C=O) groups excluding carboxylic acids is 3. The van der Waals surface area contributed by atoms with E-state index in [1.807, 2.05) is 54.9 Å². The number of hydrogen-bond acceptors (Lipinski definition) is 11. The Hall–Kier alpha value is -5.27. The molecule has 0 spiro atoms. The van der Waals surface area contributed by atoms with Crippen LogP contribution in [0.2, 0.25) is 0 Å². The molecule has 15 nitrogen and oxygen atoms in total. The maximum absolute atomic E-state index is 14.8. The van der Waals surface area contributed by atoms with Crippen molar-refractivity contribution >= 4 is 72.7 Å². The Bertz CT molecular complexity index is 3080. The third-order valence-corrected chi connectivity index (χ3v) is 17.1. The van der Waals surface area contributed by atoms with Crippen molar-refractivity contribution in [3.8, 4) is 16.2 Å². The lowest BCUT2D eigenvalue weighted by Crippen LogP contribution is -2.59. The number of fused-ring (bicyclic) bond motifs is 5. The van der Waals surface area contributed by atoms with E-state index in [1.165, 1.54) is 4.90 Å². The quantitative estimate of drug-likeness (QED) is 0.0853. The van der Waals surface area contributed by atoms with Crippen LogP contribution in [0.25, 0.3) is 38.2 Å². The summed E-state index contributed by atoms with van der Waals surface area (Å²) in [6, 6.07) is 15.7. The number of alkyl halides is 1. The van der Waals surface area contributed by atoms with Crippen molar-refractivity contribution in [1.82, 2.24) is 39.4 Å². The summed E-state index contributed by atoms with van der Waals surface area (Å²) in [6.45, 7) is 10.2. The van der Waals surface area contributed by atoms with Crippen molar-refractivity contribution in [2.24, 2.45) is 5.41 Å². The first-order chi connectivity index (χ1) is 34.5. The normalized spacial score (nSPS) is 20.6. The molecule has 4 atom stereocenters. The van der Waals surface area contributed by atoms with Crippen LogP contribution in [0.15, 0.2) is 69.4 Å². The fourth-order valence-electron chi connectivity index (χ4n) is 11.2. The zero-order valence-electron chi connectivity index (χ0n) is 41.6. The highest BCUT2D eigenvalue weighted by atomic mass is 79.9. The van der Waals surface area contributed by atoms with E-state index in [9.17, 15) is 28.7 Å². The summed E-state index contributed by atoms with van der Waals surface area (Å²) in [7, 11) is 1.72. The van der Waals surface area contributed by atoms with Gasteiger partial charge in [-0.05, 0) is 121 Å². The molecule has 0 bridgehead atoms. The molecule has 72 heavy (non-hydrogen) atoms. The van der Waals surface area contributed by atoms with Crippen molar-refractivity contribution in [3.05, 3.63) is 91.8 Å². The third kappa shape index (κ3) is 9.81. The summed E-state index contributed by atoms with van der Waals surface area (Å²) in [5.74, 6) is -0.0807. The van der Waals surface area contributed by atoms with Gasteiger partial charge in [-0.2, -0.15) is 4.98 Å². The summed E-state index contributed by atoms with van der Waals surface area (Å²) in [4.78, 5) is 68.9. The molecule has 6 aromatic rings. The average molecular weight is 1070 g/mol. The molecule has 2 saturated heterocycles. The van der Waals surface area contributed by atoms with Gasteiger partial charge in [0.05, 0.1) is 70.5 Å². The molecular weight excluding hydrogens is 1000 g/mol. The molecule has 0 unspecified atom stereocenters. The monoisotopic (exact) mass is 1070 g/mol. The lowest BCUT2D eigenvalue weighted by molar-refractivity contribution is -0.145. The molecule has 4 fully saturated rings. The van der Waals surface area contributed by atoms with E-state index in [1.54, 1.807) is 39.2 Å². The second-order valence-electron chi connectivity index (χ2n) is 21.4. The number of likely N-dealkylation sites (tertiary alicyclic amines) is 2. The van der Waals surface area contributed by atoms with Gasteiger partial charge in [-0.25, -0.2) is 9.37 Å². The van der Waals surface area contributed by atoms with Crippen LogP contribution in [0.4, 0.5) is 4.39 Å². The molecule has 3 N–H and O–H groups in total. The molecule has 3 aromatic carbocycles. The van der Waals surface area contributed by atoms with Gasteiger partial charge in [0.25, 0.3) is 11.5 Å². The van der Waals surface area contributed by atoms with Gasteiger partial charge in [0.15, 0.2) is 5.67 Å². The first-order valence-electron chi connectivity index (χ1n) is 25.3. The predicted molar refractivity (Wildman–Crippen MR) is 279 cm³/mol. The van der Waals surface area contributed by atoms with Gasteiger partial charge in [0.2, 0.25) is 17.6 Å². The molecule has 3 amide bonds. The highest BCUT2D eigenvalue weighted by Gasteiger charge is 2.53. The molecule has 0 radical (unpaired) electrons. The van der Waals surface area contributed by atoms with Crippen molar-refractivity contribution < 1.29 is 33.4 Å². The number of aliphatic hydroxyl groups excluding tert-OH is 1. The molecule has 2 saturated carbocycles. The Morgan fingerprint density at radius 2 is 1.74 bits per heavy atom. The summed E-state index contributed by atoms with van der Waals surface area (Å²) in [6.07, 6.45) is 5.44. The van der Waals surface area contributed by atoms with Crippen LogP contribution in [0.1, 0.15) is 113 Å². The number of halogens is 2. The Balaban J connectivity index is 0.830. The van der Waals surface area contributed by atoms with Gasteiger partial charge in [0.1, 0.15) is 17.8 Å². The number of amides is 3. The smallest absolute Gasteiger partial charge is 0.283 e. The van der Waals surface area contributed by atoms with Crippen LogP contribution in [-0.4, -0.2) is 122 Å². The highest BCUT2D eigenvalue weighted by molar-refractivity contribution is 9.10. The van der Waals surface area contributed by atoms with Gasteiger partial charge in [-0.15, -0.1) is 11.3 Å². The van der Waals surface area contributed by atoms with E-state index in [4.69, 9.17) is 14.5 Å². The number of aryl methyl sites for hydroxylation is 1. The molecular formula is C54H64BrFN8O7S. The van der Waals surface area contributed by atoms with Gasteiger partial charge >= 0.3 is 0 Å². The second-order valence-corrected chi connectivity index (χ2v) is 23.1. The summed E-state index contributed by atoms with van der Waals surface area (Å²) < 4.78 is 32.5. The second kappa shape index (κ2) is 20.2. The summed E-state index contributed by atoms with van der Waals surface area (Å²) >= 11 is 5.17. The number of hydrogen-bond donors (Lipinski definition) is 3. The van der Waals surface area contributed by atoms with E-state index in [0.717, 1.165) is 106 Å². The molecule has 3 aromatic heterocycles. The number of aliphatic hydroxyl groups is 1. The SMILES string of the molecule is COc1cc2c(cc1C1CCN(CCOC[C@H](NC(=O)[C@@H]3C[C@@H](O)CN3C(=O)[C@@H](NC(=O)C3(F)CC3)C(C)(C)C)c3ccc(-c4scnc4C)cc3)CC1)n(C1CCCC1)c1nc(=O)c3c(Br)cccc3n21. The van der Waals surface area contributed by atoms with Crippen LogP contribution < -0.4 is 20.9 Å². The van der Waals surface area contributed by atoms with Gasteiger partial charge in [0, 0.05) is 36.1 Å². The van der Waals surface area contributed by atoms with E-state index in [2.05, 4.69) is 57.5 Å². The third-order valence-electron chi connectivity index (χ3n) is 15.4. The first-order valence-corrected chi connectivity index (χ1v) is 27.0. The largest absolute Gasteiger partial charge is 0.496 e. The zero-order chi connectivity index (χ0) is 50.6. The molecule has 382 valence electrons. The number of imidazole rings is 1. The van der Waals surface area contributed by atoms with Crippen LogP contribution in [-0.2, 0) is 19.1 Å². The molecule has 2 aliphatic carbocycles. The number of nitrogens with one attached hydrogen (secondary N) is 2. The van der Waals surface area contributed by atoms with E-state index < -0.39 is 53.0 Å². The Labute approximate surface area is 430 Å². The number of carbonyl (C=O) groups is 3. The number of thiazole rings is 1. The molecule has 4 aliphatic rings. The van der Waals surface area contributed by atoms with Crippen molar-refractivity contribution in [2.75, 3.05) is 46.5 Å². The van der Waals surface area contributed by atoms with Crippen molar-refractivity contribution in [2.45, 2.75) is 127 Å². The Kier molecular flexibility index (Phi) is 14.1. The van der Waals surface area contributed by atoms with Crippen LogP contribution in [0, 0.1) is 12.3 Å². The maximum Gasteiger partial charge on any atom is 0.283 e. The Morgan fingerprint density at radius 3 is 2.40 bits per heavy atom. The molecule has 18 heteroatoms. The molecule has 10 rings (SSSR count). The number of benzene rings is 3. The van der Waals surface area contributed by atoms with Crippen molar-refractivity contribution in [1.29, 1.82) is 0 Å². The zero-order valence-corrected chi connectivity index (χ0v) is 44.0.